The first kappa shape index (κ1) is 8.63. The maximum absolute atomic E-state index is 10.9. The molecule has 0 aliphatic carbocycles. The number of carbonyl (C=O) groups excluding carboxylic acids is 1. The molecule has 54 valence electrons. The van der Waals surface area contributed by atoms with Crippen LogP contribution in [0.4, 0.5) is 0 Å². The zero-order chi connectivity index (χ0) is 7.44. The molecule has 1 N–H and O–H groups in total. The molecule has 0 saturated heterocycles. The van der Waals surface area contributed by atoms with E-state index in [1.54, 1.807) is 6.92 Å². The van der Waals surface area contributed by atoms with Gasteiger partial charge in [0.2, 0.25) is 0 Å². The molecule has 0 bridgehead atoms. The van der Waals surface area contributed by atoms with Crippen LogP contribution in [0.15, 0.2) is 0 Å². The van der Waals surface area contributed by atoms with E-state index in [9.17, 15) is 4.79 Å². The Hall–Kier alpha value is -0.370. The number of rotatable bonds is 3. The molecule has 0 radical (unpaired) electrons. The van der Waals surface area contributed by atoms with Crippen LogP contribution >= 0.6 is 0 Å². The number of hydrogen-bond donors (Lipinski definition) is 1. The molecule has 0 aromatic heterocycles. The average molecular weight is 130 g/mol. The number of Topliss-reactive ketones (excluding diaryl/α,β-unsaturated/α-hetero) is 1. The summed E-state index contributed by atoms with van der Waals surface area (Å²) in [6.07, 6.45) is 0. The molecule has 0 aliphatic heterocycles. The lowest BCUT2D eigenvalue weighted by atomic mass is 9.98. The highest BCUT2D eigenvalue weighted by Crippen LogP contribution is 2.04. The molecule has 9 heavy (non-hydrogen) atoms. The molecule has 0 aliphatic rings. The Kier molecular flexibility index (Phi) is 3.47. The molecule has 0 unspecified atom stereocenters. The Bertz CT molecular complexity index is 97.1. The van der Waals surface area contributed by atoms with Crippen LogP contribution in [0.25, 0.3) is 0 Å². The van der Waals surface area contributed by atoms with E-state index >= 15 is 0 Å². The second-order valence-electron chi connectivity index (χ2n) is 2.64. The SMILES string of the molecule is CC(C)C(=O)[C@@H](C)CO. The number of aliphatic hydroxyl groups is 1. The molecule has 2 nitrogen and oxygen atoms in total. The van der Waals surface area contributed by atoms with Crippen LogP contribution in [0.3, 0.4) is 0 Å². The molecule has 0 heterocycles. The Morgan fingerprint density at radius 1 is 1.44 bits per heavy atom. The third-order valence-electron chi connectivity index (χ3n) is 1.33. The Morgan fingerprint density at radius 2 is 1.89 bits per heavy atom. The topological polar surface area (TPSA) is 37.3 Å². The lowest BCUT2D eigenvalue weighted by molar-refractivity contribution is -0.126. The van der Waals surface area contributed by atoms with E-state index in [4.69, 9.17) is 5.11 Å². The monoisotopic (exact) mass is 130 g/mol. The van der Waals surface area contributed by atoms with Crippen molar-refractivity contribution in [1.29, 1.82) is 0 Å². The predicted molar refractivity (Wildman–Crippen MR) is 36.1 cm³/mol. The van der Waals surface area contributed by atoms with Gasteiger partial charge in [0, 0.05) is 11.8 Å². The van der Waals surface area contributed by atoms with Gasteiger partial charge in [0.1, 0.15) is 5.78 Å². The van der Waals surface area contributed by atoms with Crippen molar-refractivity contribution < 1.29 is 9.90 Å². The van der Waals surface area contributed by atoms with Gasteiger partial charge in [-0.25, -0.2) is 0 Å². The summed E-state index contributed by atoms with van der Waals surface area (Å²) < 4.78 is 0. The zero-order valence-corrected chi connectivity index (χ0v) is 6.22. The van der Waals surface area contributed by atoms with E-state index in [2.05, 4.69) is 0 Å². The number of hydrogen-bond acceptors (Lipinski definition) is 2. The van der Waals surface area contributed by atoms with Crippen molar-refractivity contribution in [2.45, 2.75) is 20.8 Å². The van der Waals surface area contributed by atoms with Gasteiger partial charge >= 0.3 is 0 Å². The third-order valence-corrected chi connectivity index (χ3v) is 1.33. The molecule has 1 atom stereocenters. The van der Waals surface area contributed by atoms with Crippen LogP contribution in [-0.4, -0.2) is 17.5 Å². The number of ketones is 1. The van der Waals surface area contributed by atoms with Gasteiger partial charge in [-0.3, -0.25) is 4.79 Å². The summed E-state index contributed by atoms with van der Waals surface area (Å²) in [4.78, 5) is 10.9. The van der Waals surface area contributed by atoms with Crippen molar-refractivity contribution in [2.24, 2.45) is 11.8 Å². The molecule has 0 amide bonds. The normalized spacial score (nSPS) is 13.9. The van der Waals surface area contributed by atoms with Crippen molar-refractivity contribution >= 4 is 5.78 Å². The standard InChI is InChI=1S/C7H14O2/c1-5(2)7(9)6(3)4-8/h5-6,8H,4H2,1-3H3/t6-/m0/s1. The average Bonchev–Trinajstić information content (AvgIpc) is 1.84. The lowest BCUT2D eigenvalue weighted by Gasteiger charge is -2.08. The highest BCUT2D eigenvalue weighted by Gasteiger charge is 2.14. The second kappa shape index (κ2) is 3.62. The van der Waals surface area contributed by atoms with Crippen molar-refractivity contribution in [3.63, 3.8) is 0 Å². The van der Waals surface area contributed by atoms with Gasteiger partial charge in [-0.2, -0.15) is 0 Å². The maximum Gasteiger partial charge on any atom is 0.140 e. The summed E-state index contributed by atoms with van der Waals surface area (Å²) in [5.74, 6) is -0.00495. The van der Waals surface area contributed by atoms with Gasteiger partial charge in [0.25, 0.3) is 0 Å². The molecule has 0 aromatic rings. The minimum absolute atomic E-state index is 0.0307. The largest absolute Gasteiger partial charge is 0.396 e. The first-order valence-corrected chi connectivity index (χ1v) is 3.24. The summed E-state index contributed by atoms with van der Waals surface area (Å²) in [6, 6.07) is 0. The maximum atomic E-state index is 10.9. The summed E-state index contributed by atoms with van der Waals surface area (Å²) in [7, 11) is 0. The van der Waals surface area contributed by atoms with Gasteiger partial charge in [-0.1, -0.05) is 20.8 Å². The molecule has 0 aromatic carbocycles. The number of carbonyl (C=O) groups is 1. The smallest absolute Gasteiger partial charge is 0.140 e. The zero-order valence-electron chi connectivity index (χ0n) is 6.22. The highest BCUT2D eigenvalue weighted by molar-refractivity contribution is 5.82. The van der Waals surface area contributed by atoms with Crippen LogP contribution in [-0.2, 0) is 4.79 Å². The van der Waals surface area contributed by atoms with E-state index in [-0.39, 0.29) is 24.2 Å². The minimum Gasteiger partial charge on any atom is -0.396 e. The second-order valence-corrected chi connectivity index (χ2v) is 2.64. The van der Waals surface area contributed by atoms with E-state index in [1.165, 1.54) is 0 Å². The van der Waals surface area contributed by atoms with Crippen LogP contribution in [0.5, 0.6) is 0 Å². The molecular weight excluding hydrogens is 116 g/mol. The van der Waals surface area contributed by atoms with Crippen molar-refractivity contribution in [1.82, 2.24) is 0 Å². The quantitative estimate of drug-likeness (QED) is 0.614. The van der Waals surface area contributed by atoms with E-state index in [0.717, 1.165) is 0 Å². The molecule has 2 heteroatoms. The summed E-state index contributed by atoms with van der Waals surface area (Å²) in [5.41, 5.74) is 0. The van der Waals surface area contributed by atoms with Crippen molar-refractivity contribution in [2.75, 3.05) is 6.61 Å². The Balaban J connectivity index is 3.73. The van der Waals surface area contributed by atoms with Gasteiger partial charge in [0.15, 0.2) is 0 Å². The Labute approximate surface area is 55.9 Å². The van der Waals surface area contributed by atoms with Crippen LogP contribution in [0, 0.1) is 11.8 Å². The summed E-state index contributed by atoms with van der Waals surface area (Å²) in [5, 5.41) is 8.53. The Morgan fingerprint density at radius 3 is 2.00 bits per heavy atom. The fourth-order valence-electron chi connectivity index (χ4n) is 0.659. The minimum atomic E-state index is -0.190. The van der Waals surface area contributed by atoms with E-state index in [1.807, 2.05) is 13.8 Å². The lowest BCUT2D eigenvalue weighted by Crippen LogP contribution is -2.19. The van der Waals surface area contributed by atoms with Crippen molar-refractivity contribution in [3.8, 4) is 0 Å². The molecule has 0 spiro atoms. The van der Waals surface area contributed by atoms with Gasteiger partial charge in [-0.05, 0) is 0 Å². The van der Waals surface area contributed by atoms with Crippen molar-refractivity contribution in [3.05, 3.63) is 0 Å². The van der Waals surface area contributed by atoms with Crippen LogP contribution in [0.2, 0.25) is 0 Å². The highest BCUT2D eigenvalue weighted by atomic mass is 16.3. The number of aliphatic hydroxyl groups excluding tert-OH is 1. The fourth-order valence-corrected chi connectivity index (χ4v) is 0.659. The van der Waals surface area contributed by atoms with E-state index in [0.29, 0.717) is 0 Å². The summed E-state index contributed by atoms with van der Waals surface area (Å²) in [6.45, 7) is 5.39. The van der Waals surface area contributed by atoms with Gasteiger partial charge in [0.05, 0.1) is 6.61 Å². The first-order chi connectivity index (χ1) is 4.09. The van der Waals surface area contributed by atoms with Gasteiger partial charge < -0.3 is 5.11 Å². The first-order valence-electron chi connectivity index (χ1n) is 3.24. The fraction of sp³-hybridized carbons (Fsp3) is 0.857. The van der Waals surface area contributed by atoms with Crippen LogP contribution in [0.1, 0.15) is 20.8 Å². The molecule has 0 rings (SSSR count). The summed E-state index contributed by atoms with van der Waals surface area (Å²) >= 11 is 0. The molecular formula is C7H14O2. The van der Waals surface area contributed by atoms with E-state index < -0.39 is 0 Å². The van der Waals surface area contributed by atoms with Crippen LogP contribution < -0.4 is 0 Å². The third kappa shape index (κ3) is 2.61. The molecule has 0 fully saturated rings. The predicted octanol–water partition coefficient (Wildman–Crippen LogP) is 0.840. The molecule has 0 saturated carbocycles. The van der Waals surface area contributed by atoms with Gasteiger partial charge in [-0.15, -0.1) is 0 Å².